The Bertz CT molecular complexity index is 997. The Morgan fingerprint density at radius 2 is 1.70 bits per heavy atom. The minimum absolute atomic E-state index is 0. The molecule has 0 radical (unpaired) electrons. The minimum Gasteiger partial charge on any atom is -0.457 e. The molecule has 0 saturated heterocycles. The smallest absolute Gasteiger partial charge is 0.251 e. The van der Waals surface area contributed by atoms with Gasteiger partial charge in [-0.05, 0) is 72.7 Å². The number of ether oxygens (including phenoxy) is 1. The molecule has 1 aliphatic rings. The molecule has 0 spiro atoms. The van der Waals surface area contributed by atoms with Gasteiger partial charge in [-0.1, -0.05) is 61.7 Å². The summed E-state index contributed by atoms with van der Waals surface area (Å²) in [5.41, 5.74) is 4.15. The molecule has 1 fully saturated rings. The summed E-state index contributed by atoms with van der Waals surface area (Å²) in [4.78, 5) is 12.6. The van der Waals surface area contributed by atoms with E-state index >= 15 is 0 Å². The minimum atomic E-state index is -0.0279. The van der Waals surface area contributed by atoms with Crippen molar-refractivity contribution in [3.63, 3.8) is 0 Å². The topological polar surface area (TPSA) is 38.3 Å². The van der Waals surface area contributed by atoms with Gasteiger partial charge in [-0.3, -0.25) is 4.79 Å². The zero-order valence-corrected chi connectivity index (χ0v) is 17.6. The fraction of sp³-hybridized carbons (Fsp3) is 0.296. The summed E-state index contributed by atoms with van der Waals surface area (Å²) in [6.07, 6.45) is 6.34. The van der Waals surface area contributed by atoms with Gasteiger partial charge in [0.2, 0.25) is 0 Å². The Morgan fingerprint density at radius 3 is 2.50 bits per heavy atom. The molecular weight excluding hydrogens is 370 g/mol. The van der Waals surface area contributed by atoms with Gasteiger partial charge in [-0.15, -0.1) is 0 Å². The van der Waals surface area contributed by atoms with Crippen LogP contribution in [0.4, 0.5) is 0 Å². The fourth-order valence-electron chi connectivity index (χ4n) is 4.16. The first-order valence-electron chi connectivity index (χ1n) is 10.9. The predicted octanol–water partition coefficient (Wildman–Crippen LogP) is 7.01. The van der Waals surface area contributed by atoms with Gasteiger partial charge in [0, 0.05) is 13.5 Å². The quantitative estimate of drug-likeness (QED) is 0.482. The lowest BCUT2D eigenvalue weighted by Crippen LogP contribution is -2.30. The second-order valence-electron chi connectivity index (χ2n) is 8.19. The zero-order valence-electron chi connectivity index (χ0n) is 17.6. The monoisotopic (exact) mass is 401 g/mol. The molecule has 0 aliphatic heterocycles. The molecule has 3 heteroatoms. The van der Waals surface area contributed by atoms with Gasteiger partial charge in [0.25, 0.3) is 5.91 Å². The van der Waals surface area contributed by atoms with Gasteiger partial charge in [-0.25, -0.2) is 0 Å². The number of nitrogens with one attached hydrogen (secondary N) is 1. The van der Waals surface area contributed by atoms with E-state index in [-0.39, 0.29) is 7.33 Å². The van der Waals surface area contributed by atoms with Crippen molar-refractivity contribution in [2.75, 3.05) is 6.54 Å². The Balaban J connectivity index is 0.00000272. The van der Waals surface area contributed by atoms with Crippen LogP contribution in [0.2, 0.25) is 0 Å². The standard InChI is InChI=1S/C27H29NO2.H2/c1-20-15-16-25(18-26(20)22-11-6-3-7-12-22)30-24-14-8-13-23(17-24)27(29)28-19-21-9-4-2-5-10-21;/h3,6-8,11-18,21H,2,4-5,9-10,19H2,1H3,(H,28,29);1H. The van der Waals surface area contributed by atoms with Crippen molar-refractivity contribution in [2.45, 2.75) is 39.0 Å². The van der Waals surface area contributed by atoms with Crippen LogP contribution in [0.1, 0.15) is 49.5 Å². The maximum atomic E-state index is 12.6. The third-order valence-electron chi connectivity index (χ3n) is 5.90. The molecule has 1 saturated carbocycles. The molecule has 0 bridgehead atoms. The summed E-state index contributed by atoms with van der Waals surface area (Å²) in [6, 6.07) is 23.8. The number of amides is 1. The molecule has 1 N–H and O–H groups in total. The number of hydrogen-bond donors (Lipinski definition) is 1. The van der Waals surface area contributed by atoms with E-state index in [1.807, 2.05) is 48.5 Å². The van der Waals surface area contributed by atoms with E-state index in [0.717, 1.165) is 23.4 Å². The van der Waals surface area contributed by atoms with Crippen molar-refractivity contribution < 1.29 is 11.0 Å². The van der Waals surface area contributed by atoms with Gasteiger partial charge in [0.1, 0.15) is 11.5 Å². The van der Waals surface area contributed by atoms with Crippen molar-refractivity contribution >= 4 is 5.91 Å². The van der Waals surface area contributed by atoms with Crippen molar-refractivity contribution in [2.24, 2.45) is 5.92 Å². The Kier molecular flexibility index (Phi) is 6.48. The highest BCUT2D eigenvalue weighted by Crippen LogP contribution is 2.30. The second-order valence-corrected chi connectivity index (χ2v) is 8.19. The summed E-state index contributed by atoms with van der Waals surface area (Å²) in [7, 11) is 0. The van der Waals surface area contributed by atoms with Crippen LogP contribution in [-0.4, -0.2) is 12.5 Å². The lowest BCUT2D eigenvalue weighted by molar-refractivity contribution is 0.0943. The molecule has 0 heterocycles. The van der Waals surface area contributed by atoms with E-state index in [0.29, 0.717) is 17.2 Å². The van der Waals surface area contributed by atoms with Crippen LogP contribution in [0.3, 0.4) is 0 Å². The molecule has 3 aromatic rings. The summed E-state index contributed by atoms with van der Waals surface area (Å²) in [5, 5.41) is 3.10. The summed E-state index contributed by atoms with van der Waals surface area (Å²) >= 11 is 0. The summed E-state index contributed by atoms with van der Waals surface area (Å²) in [6.45, 7) is 2.87. The molecule has 30 heavy (non-hydrogen) atoms. The molecule has 156 valence electrons. The zero-order chi connectivity index (χ0) is 20.8. The third kappa shape index (κ3) is 5.10. The molecule has 0 aromatic heterocycles. The van der Waals surface area contributed by atoms with Crippen LogP contribution >= 0.6 is 0 Å². The van der Waals surface area contributed by atoms with E-state index in [2.05, 4.69) is 36.5 Å². The second kappa shape index (κ2) is 9.62. The highest BCUT2D eigenvalue weighted by atomic mass is 16.5. The molecular formula is C27H31NO2. The lowest BCUT2D eigenvalue weighted by Gasteiger charge is -2.21. The van der Waals surface area contributed by atoms with E-state index < -0.39 is 0 Å². The van der Waals surface area contributed by atoms with Gasteiger partial charge in [0.15, 0.2) is 0 Å². The van der Waals surface area contributed by atoms with Gasteiger partial charge in [-0.2, -0.15) is 0 Å². The highest BCUT2D eigenvalue weighted by Gasteiger charge is 2.15. The Labute approximate surface area is 180 Å². The fourth-order valence-corrected chi connectivity index (χ4v) is 4.16. The van der Waals surface area contributed by atoms with Crippen molar-refractivity contribution in [1.82, 2.24) is 5.32 Å². The Hall–Kier alpha value is -3.07. The number of rotatable bonds is 6. The molecule has 3 nitrogen and oxygen atoms in total. The number of carbonyl (C=O) groups excluding carboxylic acids is 1. The van der Waals surface area contributed by atoms with Crippen LogP contribution in [0.25, 0.3) is 11.1 Å². The van der Waals surface area contributed by atoms with Crippen LogP contribution in [0, 0.1) is 12.8 Å². The van der Waals surface area contributed by atoms with E-state index in [4.69, 9.17) is 4.74 Å². The molecule has 0 unspecified atom stereocenters. The van der Waals surface area contributed by atoms with Gasteiger partial charge >= 0.3 is 0 Å². The molecule has 4 rings (SSSR count). The average molecular weight is 402 g/mol. The first-order valence-corrected chi connectivity index (χ1v) is 10.9. The summed E-state index contributed by atoms with van der Waals surface area (Å²) < 4.78 is 6.10. The predicted molar refractivity (Wildman–Crippen MR) is 124 cm³/mol. The first kappa shape index (κ1) is 20.2. The van der Waals surface area contributed by atoms with Crippen LogP contribution in [0.15, 0.2) is 72.8 Å². The van der Waals surface area contributed by atoms with Crippen LogP contribution in [-0.2, 0) is 0 Å². The number of aryl methyl sites for hydroxylation is 1. The normalized spacial score (nSPS) is 14.3. The van der Waals surface area contributed by atoms with Gasteiger partial charge in [0.05, 0.1) is 0 Å². The lowest BCUT2D eigenvalue weighted by atomic mass is 9.89. The van der Waals surface area contributed by atoms with E-state index in [1.165, 1.54) is 37.7 Å². The van der Waals surface area contributed by atoms with Crippen molar-refractivity contribution in [1.29, 1.82) is 0 Å². The van der Waals surface area contributed by atoms with E-state index in [9.17, 15) is 4.79 Å². The van der Waals surface area contributed by atoms with Gasteiger partial charge < -0.3 is 10.1 Å². The van der Waals surface area contributed by atoms with Crippen molar-refractivity contribution in [3.8, 4) is 22.6 Å². The largest absolute Gasteiger partial charge is 0.457 e. The molecule has 1 amide bonds. The first-order chi connectivity index (χ1) is 14.7. The SMILES string of the molecule is Cc1ccc(Oc2cccc(C(=O)NCC3CCCCC3)c2)cc1-c1ccccc1.[HH]. The molecule has 1 aliphatic carbocycles. The van der Waals surface area contributed by atoms with E-state index in [1.54, 1.807) is 0 Å². The molecule has 0 atom stereocenters. The maximum absolute atomic E-state index is 12.6. The van der Waals surface area contributed by atoms with Crippen LogP contribution in [0.5, 0.6) is 11.5 Å². The highest BCUT2D eigenvalue weighted by molar-refractivity contribution is 5.94. The number of benzene rings is 3. The summed E-state index contributed by atoms with van der Waals surface area (Å²) in [5.74, 6) is 2.02. The third-order valence-corrected chi connectivity index (χ3v) is 5.90. The number of hydrogen-bond acceptors (Lipinski definition) is 2. The average Bonchev–Trinajstić information content (AvgIpc) is 2.80. The molecule has 3 aromatic carbocycles. The van der Waals surface area contributed by atoms with Crippen LogP contribution < -0.4 is 10.1 Å². The maximum Gasteiger partial charge on any atom is 0.251 e. The van der Waals surface area contributed by atoms with Crippen molar-refractivity contribution in [3.05, 3.63) is 83.9 Å². The number of carbonyl (C=O) groups is 1. The Morgan fingerprint density at radius 1 is 0.933 bits per heavy atom.